The zero-order valence-electron chi connectivity index (χ0n) is 37.5. The molecular formula is C49H71Cl3SiTi. The molecule has 0 N–H and O–H groups in total. The Hall–Kier alpha value is -1.19. The first-order chi connectivity index (χ1) is 22.4. The molecule has 0 spiro atoms. The molecule has 0 unspecified atom stereocenters. The van der Waals surface area contributed by atoms with E-state index in [-0.39, 0.29) is 91.4 Å². The summed E-state index contributed by atoms with van der Waals surface area (Å²) in [7, 11) is -2.98. The fraction of sp³-hybridized carbons (Fsp3) is 0.531. The van der Waals surface area contributed by atoms with Gasteiger partial charge in [0.1, 0.15) is 8.07 Å². The van der Waals surface area contributed by atoms with Crippen LogP contribution in [0.1, 0.15) is 169 Å². The van der Waals surface area contributed by atoms with E-state index in [1.165, 1.54) is 65.3 Å². The number of rotatable bonds is 4. The summed E-state index contributed by atoms with van der Waals surface area (Å²) < 4.78 is 0. The number of hydrogen-bond acceptors (Lipinski definition) is 0. The first kappa shape index (κ1) is 52.8. The number of halogens is 3. The maximum atomic E-state index is 2.63. The van der Waals surface area contributed by atoms with Crippen molar-refractivity contribution >= 4 is 28.8 Å². The van der Waals surface area contributed by atoms with E-state index in [2.05, 4.69) is 205 Å². The van der Waals surface area contributed by atoms with Gasteiger partial charge in [-0.25, -0.2) is 6.07 Å². The Morgan fingerprint density at radius 1 is 0.370 bits per heavy atom. The van der Waals surface area contributed by atoms with Crippen LogP contribution in [0.15, 0.2) is 66.7 Å². The molecule has 0 amide bonds. The van der Waals surface area contributed by atoms with Crippen LogP contribution in [0.4, 0.5) is 0 Å². The smallest absolute Gasteiger partial charge is 1.00 e. The van der Waals surface area contributed by atoms with Crippen LogP contribution >= 0.6 is 0 Å². The summed E-state index contributed by atoms with van der Waals surface area (Å²) in [5, 5.41) is 6.03. The van der Waals surface area contributed by atoms with E-state index in [0.717, 1.165) is 0 Å². The normalized spacial score (nSPS) is 13.0. The maximum absolute atomic E-state index is 2.98. The Balaban J connectivity index is 0.00000702. The molecule has 0 heterocycles. The van der Waals surface area contributed by atoms with Gasteiger partial charge in [-0.3, -0.25) is 0 Å². The molecule has 4 aromatic carbocycles. The van der Waals surface area contributed by atoms with Crippen LogP contribution < -0.4 is 58.0 Å². The summed E-state index contributed by atoms with van der Waals surface area (Å²) >= 11 is 0. The molecule has 4 rings (SSSR count). The summed E-state index contributed by atoms with van der Waals surface area (Å²) in [6, 6.07) is 28.2. The molecule has 296 valence electrons. The molecule has 0 bridgehead atoms. The number of hydrogen-bond donors (Lipinski definition) is 0. The Kier molecular flexibility index (Phi) is 17.0. The minimum absolute atomic E-state index is 0. The molecule has 5 heteroatoms. The molecule has 54 heavy (non-hydrogen) atoms. The maximum Gasteiger partial charge on any atom is 4.00 e. The van der Waals surface area contributed by atoms with Gasteiger partial charge in [0.05, 0.1) is 0 Å². The molecule has 0 fully saturated rings. The Morgan fingerprint density at radius 2 is 0.574 bits per heavy atom. The van der Waals surface area contributed by atoms with E-state index < -0.39 is 8.07 Å². The third kappa shape index (κ3) is 10.8. The molecule has 0 aliphatic carbocycles. The quantitative estimate of drug-likeness (QED) is 0.168. The van der Waals surface area contributed by atoms with Gasteiger partial charge in [0.25, 0.3) is 0 Å². The molecule has 0 aromatic heterocycles. The van der Waals surface area contributed by atoms with Crippen molar-refractivity contribution in [2.75, 3.05) is 0 Å². The van der Waals surface area contributed by atoms with E-state index in [1.54, 1.807) is 0 Å². The predicted molar refractivity (Wildman–Crippen MR) is 227 cm³/mol. The van der Waals surface area contributed by atoms with Crippen molar-refractivity contribution in [3.05, 3.63) is 111 Å². The summed E-state index contributed by atoms with van der Waals surface area (Å²) in [6.45, 7) is 47.6. The molecule has 0 nitrogen and oxygen atoms in total. The average molecular weight is 842 g/mol. The predicted octanol–water partition coefficient (Wildman–Crippen LogP) is 2.19. The van der Waals surface area contributed by atoms with Gasteiger partial charge in [-0.1, -0.05) is 209 Å². The number of aryl methyl sites for hydroxylation is 1. The van der Waals surface area contributed by atoms with E-state index in [4.69, 9.17) is 0 Å². The minimum Gasteiger partial charge on any atom is -1.00 e. The molecule has 0 saturated heterocycles. The van der Waals surface area contributed by atoms with Crippen molar-refractivity contribution in [1.82, 2.24) is 0 Å². The van der Waals surface area contributed by atoms with Crippen molar-refractivity contribution in [1.29, 1.82) is 0 Å². The monoisotopic (exact) mass is 840 g/mol. The first-order valence-electron chi connectivity index (χ1n) is 19.1. The summed E-state index contributed by atoms with van der Waals surface area (Å²) in [5.74, 6) is 0. The second-order valence-corrected chi connectivity index (χ2v) is 25.5. The average Bonchev–Trinajstić information content (AvgIpc) is 3.28. The van der Waals surface area contributed by atoms with Gasteiger partial charge >= 0.3 is 21.7 Å². The van der Waals surface area contributed by atoms with Crippen molar-refractivity contribution in [2.45, 2.75) is 171 Å². The summed E-state index contributed by atoms with van der Waals surface area (Å²) in [6.07, 6.45) is 0. The molecule has 0 radical (unpaired) electrons. The van der Waals surface area contributed by atoms with E-state index >= 15 is 0 Å². The second-order valence-electron chi connectivity index (χ2n) is 21.7. The van der Waals surface area contributed by atoms with Gasteiger partial charge in [-0.15, -0.1) is 5.19 Å². The van der Waals surface area contributed by atoms with Crippen LogP contribution in [0.25, 0.3) is 0 Å². The van der Waals surface area contributed by atoms with E-state index in [1.807, 2.05) is 0 Å². The van der Waals surface area contributed by atoms with Crippen molar-refractivity contribution in [2.24, 2.45) is 0 Å². The zero-order chi connectivity index (χ0) is 38.2. The summed E-state index contributed by atoms with van der Waals surface area (Å²) in [4.78, 5) is 0. The molecule has 0 saturated carbocycles. The van der Waals surface area contributed by atoms with Crippen LogP contribution in [0.2, 0.25) is 0 Å². The van der Waals surface area contributed by atoms with Crippen LogP contribution in [0.3, 0.4) is 0 Å². The zero-order valence-corrected chi connectivity index (χ0v) is 42.3. The first-order valence-corrected chi connectivity index (χ1v) is 21.1. The van der Waals surface area contributed by atoms with E-state index in [9.17, 15) is 0 Å². The Morgan fingerprint density at radius 3 is 0.722 bits per heavy atom. The minimum atomic E-state index is -2.98. The van der Waals surface area contributed by atoms with Crippen LogP contribution in [0, 0.1) is 13.8 Å². The largest absolute Gasteiger partial charge is 4.00 e. The van der Waals surface area contributed by atoms with Crippen LogP contribution in [-0.4, -0.2) is 8.07 Å². The standard InChI is InChI=1S/C49H71Si.3ClH.Ti/c1-32-21-22-43(33(32)2)50(40-26-34(44(3,4)5)23-35(27-40)45(6,7)8,41-28-36(46(9,10)11)24-37(29-41)47(12,13)14)42-30-38(48(15,16)17)25-39(31-42)49(18,19)20;;;;/h21-31H,1-20H3;3*1H;/q-1;;;;+4/p-3. The Bertz CT molecular complexity index is 1590. The third-order valence-corrected chi connectivity index (χ3v) is 16.0. The van der Waals surface area contributed by atoms with Crippen molar-refractivity contribution in [3.8, 4) is 0 Å². The van der Waals surface area contributed by atoms with Crippen LogP contribution in [-0.2, 0) is 54.2 Å². The van der Waals surface area contributed by atoms with Crippen molar-refractivity contribution < 1.29 is 58.9 Å². The molecule has 0 atom stereocenters. The van der Waals surface area contributed by atoms with Gasteiger partial charge < -0.3 is 37.2 Å². The molecular weight excluding hydrogens is 771 g/mol. The van der Waals surface area contributed by atoms with Crippen molar-refractivity contribution in [3.63, 3.8) is 0 Å². The third-order valence-electron chi connectivity index (χ3n) is 11.2. The van der Waals surface area contributed by atoms with Gasteiger partial charge in [0.2, 0.25) is 0 Å². The second kappa shape index (κ2) is 17.3. The molecule has 0 aliphatic heterocycles. The number of benzene rings is 3. The topological polar surface area (TPSA) is 0 Å². The van der Waals surface area contributed by atoms with E-state index in [0.29, 0.717) is 0 Å². The Labute approximate surface area is 367 Å². The van der Waals surface area contributed by atoms with Gasteiger partial charge in [-0.05, 0) is 65.9 Å². The van der Waals surface area contributed by atoms with Gasteiger partial charge in [0, 0.05) is 0 Å². The van der Waals surface area contributed by atoms with Gasteiger partial charge in [-0.2, -0.15) is 17.2 Å². The SMILES string of the molecule is Cc1cc[c-]([Si](c2cc(C(C)(C)C)cc(C(C)(C)C)c2)(c2cc(C(C)(C)C)cc(C(C)(C)C)c2)c2cc(C(C)(C)C)cc(C(C)(C)C)c2)c1C.[Cl-].[Cl-].[Cl-].[Ti+4]. The van der Waals surface area contributed by atoms with Crippen LogP contribution in [0.5, 0.6) is 0 Å². The fourth-order valence-corrected chi connectivity index (χ4v) is 12.4. The fourth-order valence-electron chi connectivity index (χ4n) is 7.17. The molecule has 0 aliphatic rings. The summed E-state index contributed by atoms with van der Waals surface area (Å²) in [5.41, 5.74) is 11.3. The van der Waals surface area contributed by atoms with Gasteiger partial charge in [0.15, 0.2) is 0 Å². The molecule has 4 aromatic rings.